The van der Waals surface area contributed by atoms with E-state index in [1.54, 1.807) is 36.3 Å². The normalized spacial score (nSPS) is 28.4. The predicted molar refractivity (Wildman–Crippen MR) is 122 cm³/mol. The van der Waals surface area contributed by atoms with Crippen LogP contribution in [0.2, 0.25) is 0 Å². The Morgan fingerprint density at radius 3 is 2.79 bits per heavy atom. The molecule has 182 valence electrons. The number of aliphatic hydroxyl groups is 1. The maximum absolute atomic E-state index is 13.2. The van der Waals surface area contributed by atoms with Gasteiger partial charge in [0.15, 0.2) is 0 Å². The molecule has 3 N–H and O–H groups in total. The predicted octanol–water partition coefficient (Wildman–Crippen LogP) is 2.29. The number of urea groups is 1. The summed E-state index contributed by atoms with van der Waals surface area (Å²) in [6.07, 6.45) is 4.76. The van der Waals surface area contributed by atoms with Crippen LogP contribution in [0, 0.1) is 0 Å². The Hall–Kier alpha value is -2.36. The lowest BCUT2D eigenvalue weighted by Crippen LogP contribution is -2.58. The molecule has 2 heterocycles. The second-order valence-electron chi connectivity index (χ2n) is 9.20. The van der Waals surface area contributed by atoms with Crippen LogP contribution < -0.4 is 15.4 Å². The maximum Gasteiger partial charge on any atom is 0.322 e. The third-order valence-corrected chi connectivity index (χ3v) is 6.70. The first-order chi connectivity index (χ1) is 16.0. The number of carbonyl (C=O) groups excluding carboxylic acids is 2. The zero-order valence-electron chi connectivity index (χ0n) is 19.2. The Labute approximate surface area is 194 Å². The van der Waals surface area contributed by atoms with E-state index in [0.29, 0.717) is 30.7 Å². The lowest BCUT2D eigenvalue weighted by Gasteiger charge is -2.44. The van der Waals surface area contributed by atoms with Gasteiger partial charge in [-0.2, -0.15) is 0 Å². The van der Waals surface area contributed by atoms with E-state index in [4.69, 9.17) is 14.2 Å². The van der Waals surface area contributed by atoms with Crippen molar-refractivity contribution in [2.45, 2.75) is 75.3 Å². The van der Waals surface area contributed by atoms with Crippen LogP contribution in [0.4, 0.5) is 10.5 Å². The van der Waals surface area contributed by atoms with Crippen LogP contribution in [0.5, 0.6) is 5.75 Å². The highest BCUT2D eigenvalue weighted by Gasteiger charge is 2.40. The Morgan fingerprint density at radius 1 is 1.18 bits per heavy atom. The van der Waals surface area contributed by atoms with Gasteiger partial charge in [-0.3, -0.25) is 4.79 Å². The highest BCUT2D eigenvalue weighted by Crippen LogP contribution is 2.29. The number of methoxy groups -OCH3 is 1. The summed E-state index contributed by atoms with van der Waals surface area (Å²) in [5.41, 5.74) is 0.613. The number of ether oxygens (including phenoxy) is 3. The van der Waals surface area contributed by atoms with E-state index in [2.05, 4.69) is 10.6 Å². The number of aliphatic hydroxyl groups excluding tert-OH is 1. The van der Waals surface area contributed by atoms with Crippen LogP contribution in [0.3, 0.4) is 0 Å². The van der Waals surface area contributed by atoms with Crippen molar-refractivity contribution in [2.24, 2.45) is 0 Å². The average Bonchev–Trinajstić information content (AvgIpc) is 3.29. The monoisotopic (exact) mass is 461 g/mol. The molecular formula is C24H35N3O6. The number of hydrogen-bond donors (Lipinski definition) is 3. The molecule has 0 aromatic heterocycles. The third kappa shape index (κ3) is 6.37. The van der Waals surface area contributed by atoms with Gasteiger partial charge in [-0.05, 0) is 37.8 Å². The summed E-state index contributed by atoms with van der Waals surface area (Å²) in [6, 6.07) is 6.88. The molecule has 9 nitrogen and oxygen atoms in total. The number of β-amino-alcohol motifs (C(OH)–C–C–N with tert-alkyl or cyclic N) is 1. The van der Waals surface area contributed by atoms with Gasteiger partial charge in [0.05, 0.1) is 51.5 Å². The van der Waals surface area contributed by atoms with Crippen molar-refractivity contribution in [3.8, 4) is 5.75 Å². The standard InChI is InChI=1S/C24H35N3O6/c1-31-19-8-4-7-17(11-19)26-24(30)27-13-18(28)14-32-15-22-21(27)10-9-20(33-22)12-23(29)25-16-5-2-3-6-16/h4,7-8,11,16,18,20-22,28H,2-3,5-6,9-10,12-15H2,1H3,(H,25,29)(H,26,30)/t18-,20+,21-,22+/m1/s1. The minimum absolute atomic E-state index is 0.0279. The lowest BCUT2D eigenvalue weighted by molar-refractivity contribution is -0.150. The van der Waals surface area contributed by atoms with Crippen LogP contribution in [-0.2, 0) is 14.3 Å². The molecule has 33 heavy (non-hydrogen) atoms. The number of carbonyl (C=O) groups is 2. The van der Waals surface area contributed by atoms with E-state index in [0.717, 1.165) is 12.8 Å². The Bertz CT molecular complexity index is 815. The number of rotatable bonds is 5. The van der Waals surface area contributed by atoms with Gasteiger partial charge < -0.3 is 34.9 Å². The first-order valence-electron chi connectivity index (χ1n) is 11.9. The van der Waals surface area contributed by atoms with Crippen molar-refractivity contribution in [1.29, 1.82) is 0 Å². The number of hydrogen-bond acceptors (Lipinski definition) is 6. The zero-order chi connectivity index (χ0) is 23.2. The van der Waals surface area contributed by atoms with Gasteiger partial charge in [0.1, 0.15) is 11.9 Å². The molecule has 9 heteroatoms. The van der Waals surface area contributed by atoms with Gasteiger partial charge >= 0.3 is 6.03 Å². The molecular weight excluding hydrogens is 426 g/mol. The molecule has 3 fully saturated rings. The van der Waals surface area contributed by atoms with Gasteiger partial charge in [0, 0.05) is 17.8 Å². The fraction of sp³-hybridized carbons (Fsp3) is 0.667. The highest BCUT2D eigenvalue weighted by atomic mass is 16.5. The second kappa shape index (κ2) is 11.2. The minimum Gasteiger partial charge on any atom is -0.497 e. The van der Waals surface area contributed by atoms with E-state index in [1.165, 1.54) is 12.8 Å². The van der Waals surface area contributed by atoms with E-state index < -0.39 is 6.10 Å². The molecule has 1 saturated carbocycles. The number of nitrogens with one attached hydrogen (secondary N) is 2. The number of nitrogens with zero attached hydrogens (tertiary/aromatic N) is 1. The van der Waals surface area contributed by atoms with Gasteiger partial charge in [-0.15, -0.1) is 0 Å². The molecule has 3 aliphatic rings. The summed E-state index contributed by atoms with van der Waals surface area (Å²) >= 11 is 0. The quantitative estimate of drug-likeness (QED) is 0.621. The summed E-state index contributed by atoms with van der Waals surface area (Å²) in [4.78, 5) is 27.3. The summed E-state index contributed by atoms with van der Waals surface area (Å²) in [6.45, 7) is 0.543. The molecule has 4 atom stereocenters. The molecule has 0 radical (unpaired) electrons. The van der Waals surface area contributed by atoms with E-state index in [1.807, 2.05) is 0 Å². The van der Waals surface area contributed by atoms with Crippen LogP contribution in [-0.4, -0.2) is 79.2 Å². The number of anilines is 1. The maximum atomic E-state index is 13.2. The van der Waals surface area contributed by atoms with Crippen LogP contribution in [0.15, 0.2) is 24.3 Å². The van der Waals surface area contributed by atoms with Crippen molar-refractivity contribution in [3.63, 3.8) is 0 Å². The Balaban J connectivity index is 1.39. The van der Waals surface area contributed by atoms with Crippen molar-refractivity contribution >= 4 is 17.6 Å². The van der Waals surface area contributed by atoms with E-state index >= 15 is 0 Å². The largest absolute Gasteiger partial charge is 0.497 e. The second-order valence-corrected chi connectivity index (χ2v) is 9.20. The molecule has 1 aromatic carbocycles. The van der Waals surface area contributed by atoms with Crippen molar-refractivity contribution < 1.29 is 28.9 Å². The average molecular weight is 462 g/mol. The molecule has 4 rings (SSSR count). The number of benzene rings is 1. The van der Waals surface area contributed by atoms with Crippen LogP contribution in [0.25, 0.3) is 0 Å². The van der Waals surface area contributed by atoms with Gasteiger partial charge in [-0.1, -0.05) is 18.9 Å². The Kier molecular flexibility index (Phi) is 8.06. The Morgan fingerprint density at radius 2 is 2.00 bits per heavy atom. The first kappa shape index (κ1) is 23.8. The lowest BCUT2D eigenvalue weighted by atomic mass is 9.95. The van der Waals surface area contributed by atoms with Crippen LogP contribution in [0.1, 0.15) is 44.9 Å². The minimum atomic E-state index is -0.781. The molecule has 2 saturated heterocycles. The molecule has 0 bridgehead atoms. The fourth-order valence-corrected chi connectivity index (χ4v) is 5.03. The number of amides is 3. The highest BCUT2D eigenvalue weighted by molar-refractivity contribution is 5.89. The van der Waals surface area contributed by atoms with Crippen molar-refractivity contribution in [1.82, 2.24) is 10.2 Å². The molecule has 0 unspecified atom stereocenters. The molecule has 3 amide bonds. The molecule has 2 aliphatic heterocycles. The number of fused-ring (bicyclic) bond motifs is 1. The summed E-state index contributed by atoms with van der Waals surface area (Å²) < 4.78 is 17.1. The van der Waals surface area contributed by atoms with Crippen LogP contribution >= 0.6 is 0 Å². The summed E-state index contributed by atoms with van der Waals surface area (Å²) in [5, 5.41) is 16.3. The smallest absolute Gasteiger partial charge is 0.322 e. The topological polar surface area (TPSA) is 109 Å². The summed E-state index contributed by atoms with van der Waals surface area (Å²) in [5.74, 6) is 0.673. The van der Waals surface area contributed by atoms with Gasteiger partial charge in [0.2, 0.25) is 5.91 Å². The fourth-order valence-electron chi connectivity index (χ4n) is 5.03. The SMILES string of the molecule is COc1cccc(NC(=O)N2C[C@@H](O)COC[C@@H]3O[C@H](CC(=O)NC4CCCC4)CC[C@H]32)c1. The molecule has 0 spiro atoms. The molecule has 1 aliphatic carbocycles. The first-order valence-corrected chi connectivity index (χ1v) is 11.9. The van der Waals surface area contributed by atoms with Gasteiger partial charge in [-0.25, -0.2) is 4.79 Å². The summed E-state index contributed by atoms with van der Waals surface area (Å²) in [7, 11) is 1.57. The van der Waals surface area contributed by atoms with Gasteiger partial charge in [0.25, 0.3) is 0 Å². The molecule has 1 aromatic rings. The van der Waals surface area contributed by atoms with E-state index in [-0.39, 0.29) is 56.0 Å². The van der Waals surface area contributed by atoms with Crippen molar-refractivity contribution in [2.75, 3.05) is 32.2 Å². The van der Waals surface area contributed by atoms with Crippen molar-refractivity contribution in [3.05, 3.63) is 24.3 Å². The van der Waals surface area contributed by atoms with E-state index in [9.17, 15) is 14.7 Å². The third-order valence-electron chi connectivity index (χ3n) is 6.70. The zero-order valence-corrected chi connectivity index (χ0v) is 19.2.